The van der Waals surface area contributed by atoms with Gasteiger partial charge >= 0.3 is 5.97 Å². The molecule has 0 aliphatic carbocycles. The van der Waals surface area contributed by atoms with Crippen LogP contribution in [0.4, 0.5) is 0 Å². The molecule has 2 atom stereocenters. The van der Waals surface area contributed by atoms with Gasteiger partial charge in [-0.2, -0.15) is 0 Å². The van der Waals surface area contributed by atoms with Crippen LogP contribution < -0.4 is 5.32 Å². The summed E-state index contributed by atoms with van der Waals surface area (Å²) in [6.45, 7) is 1.95. The van der Waals surface area contributed by atoms with E-state index in [1.165, 1.54) is 0 Å². The summed E-state index contributed by atoms with van der Waals surface area (Å²) in [5.74, 6) is -0.178. The number of nitrogens with one attached hydrogen (secondary N) is 1. The van der Waals surface area contributed by atoms with Crippen LogP contribution >= 0.6 is 23.1 Å². The van der Waals surface area contributed by atoms with E-state index < -0.39 is 12.0 Å². The molecule has 0 radical (unpaired) electrons. The Morgan fingerprint density at radius 2 is 2.57 bits per heavy atom. The Labute approximate surface area is 89.7 Å². The number of nitrogens with zero attached hydrogens (tertiary/aromatic N) is 1. The number of hydrogen-bond acceptors (Lipinski definition) is 5. The van der Waals surface area contributed by atoms with E-state index in [0.717, 1.165) is 10.7 Å². The lowest BCUT2D eigenvalue weighted by molar-refractivity contribution is -0.138. The molecule has 0 amide bonds. The van der Waals surface area contributed by atoms with E-state index >= 15 is 0 Å². The standard InChI is InChI=1S/C8H10N2O2S2/c1-4-9-5(2-13-4)7-10-6(3-14-7)8(11)12/h2,6-7,10H,3H2,1H3,(H,11,12)/t6-,7?/m0/s1. The molecule has 1 unspecified atom stereocenters. The highest BCUT2D eigenvalue weighted by molar-refractivity contribution is 7.99. The molecular weight excluding hydrogens is 220 g/mol. The lowest BCUT2D eigenvalue weighted by Gasteiger charge is -2.07. The molecule has 1 aromatic heterocycles. The van der Waals surface area contributed by atoms with Crippen LogP contribution in [0.15, 0.2) is 5.38 Å². The molecule has 1 aliphatic rings. The molecule has 0 bridgehead atoms. The Morgan fingerprint density at radius 1 is 1.79 bits per heavy atom. The van der Waals surface area contributed by atoms with Gasteiger partial charge in [0.2, 0.25) is 0 Å². The van der Waals surface area contributed by atoms with Crippen LogP contribution in [0, 0.1) is 6.92 Å². The second-order valence-electron chi connectivity index (χ2n) is 3.06. The van der Waals surface area contributed by atoms with Crippen LogP contribution in [0.2, 0.25) is 0 Å². The van der Waals surface area contributed by atoms with Gasteiger partial charge in [0.15, 0.2) is 0 Å². The minimum Gasteiger partial charge on any atom is -0.480 e. The largest absolute Gasteiger partial charge is 0.480 e. The predicted octanol–water partition coefficient (Wildman–Crippen LogP) is 1.24. The van der Waals surface area contributed by atoms with Gasteiger partial charge in [-0.15, -0.1) is 23.1 Å². The van der Waals surface area contributed by atoms with Crippen LogP contribution in [0.25, 0.3) is 0 Å². The van der Waals surface area contributed by atoms with Gasteiger partial charge in [0, 0.05) is 11.1 Å². The van der Waals surface area contributed by atoms with Crippen LogP contribution in [0.1, 0.15) is 16.1 Å². The zero-order valence-corrected chi connectivity index (χ0v) is 9.19. The molecule has 4 nitrogen and oxygen atoms in total. The van der Waals surface area contributed by atoms with E-state index in [2.05, 4.69) is 10.3 Å². The average molecular weight is 230 g/mol. The van der Waals surface area contributed by atoms with Gasteiger partial charge in [-0.05, 0) is 6.92 Å². The number of aliphatic carboxylic acids is 1. The van der Waals surface area contributed by atoms with Gasteiger partial charge < -0.3 is 5.11 Å². The highest BCUT2D eigenvalue weighted by Gasteiger charge is 2.31. The molecule has 2 N–H and O–H groups in total. The maximum Gasteiger partial charge on any atom is 0.321 e. The number of thiazole rings is 1. The third kappa shape index (κ3) is 1.92. The number of thioether (sulfide) groups is 1. The number of rotatable bonds is 2. The van der Waals surface area contributed by atoms with E-state index in [4.69, 9.17) is 5.11 Å². The first-order valence-corrected chi connectivity index (χ1v) is 6.12. The van der Waals surface area contributed by atoms with E-state index in [1.807, 2.05) is 12.3 Å². The van der Waals surface area contributed by atoms with E-state index in [-0.39, 0.29) is 5.37 Å². The maximum atomic E-state index is 10.7. The highest BCUT2D eigenvalue weighted by atomic mass is 32.2. The SMILES string of the molecule is Cc1nc(C2N[C@H](C(=O)O)CS2)cs1. The summed E-state index contributed by atoms with van der Waals surface area (Å²) in [7, 11) is 0. The number of carboxylic acid groups (broad SMARTS) is 1. The van der Waals surface area contributed by atoms with Crippen molar-refractivity contribution in [2.45, 2.75) is 18.3 Å². The number of aromatic nitrogens is 1. The van der Waals surface area contributed by atoms with Crippen LogP contribution in [-0.2, 0) is 4.79 Å². The monoisotopic (exact) mass is 230 g/mol. The van der Waals surface area contributed by atoms with Crippen molar-refractivity contribution in [1.29, 1.82) is 0 Å². The summed E-state index contributed by atoms with van der Waals surface area (Å²) in [5, 5.41) is 14.9. The smallest absolute Gasteiger partial charge is 0.321 e. The number of carbonyl (C=O) groups is 1. The molecular formula is C8H10N2O2S2. The third-order valence-electron chi connectivity index (χ3n) is 1.99. The molecule has 2 heterocycles. The van der Waals surface area contributed by atoms with Crippen molar-refractivity contribution in [2.75, 3.05) is 5.75 Å². The van der Waals surface area contributed by atoms with Gasteiger partial charge in [-0.25, -0.2) is 4.98 Å². The molecule has 1 saturated heterocycles. The number of carboxylic acids is 1. The van der Waals surface area contributed by atoms with Crippen molar-refractivity contribution >= 4 is 29.1 Å². The van der Waals surface area contributed by atoms with Crippen LogP contribution in [0.5, 0.6) is 0 Å². The normalized spacial score (nSPS) is 26.6. The summed E-state index contributed by atoms with van der Waals surface area (Å²) in [6.07, 6.45) is 0. The van der Waals surface area contributed by atoms with Crippen molar-refractivity contribution in [1.82, 2.24) is 10.3 Å². The predicted molar refractivity (Wildman–Crippen MR) is 56.6 cm³/mol. The fourth-order valence-electron chi connectivity index (χ4n) is 1.29. The van der Waals surface area contributed by atoms with Crippen LogP contribution in [-0.4, -0.2) is 27.9 Å². The second-order valence-corrected chi connectivity index (χ2v) is 5.26. The molecule has 6 heteroatoms. The lowest BCUT2D eigenvalue weighted by atomic mass is 10.3. The molecule has 2 rings (SSSR count). The van der Waals surface area contributed by atoms with Gasteiger partial charge in [0.1, 0.15) is 6.04 Å². The van der Waals surface area contributed by atoms with Crippen LogP contribution in [0.3, 0.4) is 0 Å². The van der Waals surface area contributed by atoms with E-state index in [9.17, 15) is 4.79 Å². The molecule has 14 heavy (non-hydrogen) atoms. The molecule has 0 aromatic carbocycles. The Morgan fingerprint density at radius 3 is 3.07 bits per heavy atom. The average Bonchev–Trinajstić information content (AvgIpc) is 2.70. The maximum absolute atomic E-state index is 10.7. The minimum atomic E-state index is -0.785. The Hall–Kier alpha value is -0.590. The molecule has 1 fully saturated rings. The summed E-state index contributed by atoms with van der Waals surface area (Å²) < 4.78 is 0. The summed E-state index contributed by atoms with van der Waals surface area (Å²) in [4.78, 5) is 15.0. The molecule has 1 aliphatic heterocycles. The van der Waals surface area contributed by atoms with Gasteiger partial charge in [0.05, 0.1) is 16.1 Å². The quantitative estimate of drug-likeness (QED) is 0.800. The Bertz CT molecular complexity index is 353. The first kappa shape index (κ1) is 9.95. The molecule has 0 saturated carbocycles. The van der Waals surface area contributed by atoms with Crippen molar-refractivity contribution < 1.29 is 9.90 Å². The van der Waals surface area contributed by atoms with E-state index in [0.29, 0.717) is 5.75 Å². The van der Waals surface area contributed by atoms with Crippen molar-refractivity contribution in [2.24, 2.45) is 0 Å². The minimum absolute atomic E-state index is 0.0426. The molecule has 0 spiro atoms. The molecule has 76 valence electrons. The molecule has 1 aromatic rings. The topological polar surface area (TPSA) is 62.2 Å². The lowest BCUT2D eigenvalue weighted by Crippen LogP contribution is -2.33. The Kier molecular flexibility index (Phi) is 2.76. The van der Waals surface area contributed by atoms with Gasteiger partial charge in [-0.1, -0.05) is 0 Å². The summed E-state index contributed by atoms with van der Waals surface area (Å²) >= 11 is 3.19. The Balaban J connectivity index is 2.05. The first-order chi connectivity index (χ1) is 6.66. The van der Waals surface area contributed by atoms with Crippen molar-refractivity contribution in [3.63, 3.8) is 0 Å². The fourth-order valence-corrected chi connectivity index (χ4v) is 3.19. The number of aryl methyl sites for hydroxylation is 1. The van der Waals surface area contributed by atoms with Crippen molar-refractivity contribution in [3.05, 3.63) is 16.1 Å². The second kappa shape index (κ2) is 3.88. The summed E-state index contributed by atoms with van der Waals surface area (Å²) in [5.41, 5.74) is 0.946. The summed E-state index contributed by atoms with van der Waals surface area (Å²) in [6, 6.07) is -0.438. The van der Waals surface area contributed by atoms with Crippen molar-refractivity contribution in [3.8, 4) is 0 Å². The number of hydrogen-bond donors (Lipinski definition) is 2. The zero-order valence-electron chi connectivity index (χ0n) is 7.56. The fraction of sp³-hybridized carbons (Fsp3) is 0.500. The van der Waals surface area contributed by atoms with Gasteiger partial charge in [-0.3, -0.25) is 10.1 Å². The van der Waals surface area contributed by atoms with E-state index in [1.54, 1.807) is 23.1 Å². The van der Waals surface area contributed by atoms with Gasteiger partial charge in [0.25, 0.3) is 0 Å². The first-order valence-electron chi connectivity index (χ1n) is 4.19. The zero-order chi connectivity index (χ0) is 10.1. The highest BCUT2D eigenvalue weighted by Crippen LogP contribution is 2.33. The third-order valence-corrected chi connectivity index (χ3v) is 4.01.